The second kappa shape index (κ2) is 5.09. The molecule has 0 fully saturated rings. The number of aryl methyl sites for hydroxylation is 1. The highest BCUT2D eigenvalue weighted by Crippen LogP contribution is 2.37. The van der Waals surface area contributed by atoms with E-state index in [0.29, 0.717) is 5.56 Å². The van der Waals surface area contributed by atoms with Gasteiger partial charge in [0, 0.05) is 17.3 Å². The number of hydrogen-bond acceptors (Lipinski definition) is 4. The minimum atomic E-state index is -0.360. The van der Waals surface area contributed by atoms with Crippen molar-refractivity contribution in [3.05, 3.63) is 63.2 Å². The van der Waals surface area contributed by atoms with Gasteiger partial charge in [0.25, 0.3) is 5.69 Å². The summed E-state index contributed by atoms with van der Waals surface area (Å²) in [5.74, 6) is 0.279. The summed E-state index contributed by atoms with van der Waals surface area (Å²) in [6, 6.07) is 10.6. The van der Waals surface area contributed by atoms with Crippen molar-refractivity contribution < 1.29 is 10.0 Å². The number of nitro groups is 1. The van der Waals surface area contributed by atoms with Gasteiger partial charge >= 0.3 is 0 Å². The van der Waals surface area contributed by atoms with Gasteiger partial charge in [0.1, 0.15) is 5.75 Å². The highest BCUT2D eigenvalue weighted by molar-refractivity contribution is 5.61. The van der Waals surface area contributed by atoms with Gasteiger partial charge in [0.15, 0.2) is 0 Å². The van der Waals surface area contributed by atoms with Crippen molar-refractivity contribution >= 4 is 11.4 Å². The van der Waals surface area contributed by atoms with Gasteiger partial charge in [-0.2, -0.15) is 0 Å². The van der Waals surface area contributed by atoms with Crippen molar-refractivity contribution in [1.82, 2.24) is 0 Å². The largest absolute Gasteiger partial charge is 0.508 e. The Bertz CT molecular complexity index is 713. The first-order valence-electron chi connectivity index (χ1n) is 6.88. The van der Waals surface area contributed by atoms with Crippen LogP contribution in [0.25, 0.3) is 0 Å². The third-order valence-electron chi connectivity index (χ3n) is 4.04. The van der Waals surface area contributed by atoms with Gasteiger partial charge in [-0.1, -0.05) is 12.1 Å². The van der Waals surface area contributed by atoms with Crippen LogP contribution in [0.2, 0.25) is 0 Å². The van der Waals surface area contributed by atoms with Crippen LogP contribution < -0.4 is 5.32 Å². The Hall–Kier alpha value is -2.56. The first kappa shape index (κ1) is 13.4. The minimum Gasteiger partial charge on any atom is -0.508 e. The zero-order valence-electron chi connectivity index (χ0n) is 11.7. The van der Waals surface area contributed by atoms with E-state index in [4.69, 9.17) is 0 Å². The first-order chi connectivity index (χ1) is 10.1. The predicted molar refractivity (Wildman–Crippen MR) is 80.6 cm³/mol. The lowest BCUT2D eigenvalue weighted by atomic mass is 10.1. The molecule has 5 nitrogen and oxygen atoms in total. The summed E-state index contributed by atoms with van der Waals surface area (Å²) < 4.78 is 0. The van der Waals surface area contributed by atoms with E-state index in [-0.39, 0.29) is 22.4 Å². The maximum Gasteiger partial charge on any atom is 0.274 e. The molecule has 1 aliphatic carbocycles. The van der Waals surface area contributed by atoms with Crippen molar-refractivity contribution in [2.24, 2.45) is 0 Å². The summed E-state index contributed by atoms with van der Waals surface area (Å²) in [5, 5.41) is 23.9. The van der Waals surface area contributed by atoms with Crippen molar-refractivity contribution in [1.29, 1.82) is 0 Å². The van der Waals surface area contributed by atoms with E-state index in [2.05, 4.69) is 5.32 Å². The second-order valence-corrected chi connectivity index (χ2v) is 5.33. The number of aromatic hydroxyl groups is 1. The van der Waals surface area contributed by atoms with E-state index in [1.54, 1.807) is 25.1 Å². The number of nitrogens with one attached hydrogen (secondary N) is 1. The SMILES string of the molecule is Cc1c(NC2CCc3cc(O)ccc32)cccc1[N+](=O)[O-]. The fourth-order valence-electron chi connectivity index (χ4n) is 2.92. The molecule has 2 N–H and O–H groups in total. The molecule has 21 heavy (non-hydrogen) atoms. The van der Waals surface area contributed by atoms with Crippen molar-refractivity contribution in [2.75, 3.05) is 5.32 Å². The van der Waals surface area contributed by atoms with Crippen LogP contribution in [0.5, 0.6) is 5.75 Å². The summed E-state index contributed by atoms with van der Waals surface area (Å²) in [7, 11) is 0. The van der Waals surface area contributed by atoms with Crippen LogP contribution in [0.3, 0.4) is 0 Å². The van der Waals surface area contributed by atoms with E-state index < -0.39 is 0 Å². The van der Waals surface area contributed by atoms with Crippen LogP contribution in [-0.4, -0.2) is 10.0 Å². The lowest BCUT2D eigenvalue weighted by Crippen LogP contribution is -2.08. The Morgan fingerprint density at radius 1 is 1.33 bits per heavy atom. The van der Waals surface area contributed by atoms with Crippen LogP contribution in [0.4, 0.5) is 11.4 Å². The zero-order chi connectivity index (χ0) is 15.0. The number of phenols is 1. The highest BCUT2D eigenvalue weighted by atomic mass is 16.6. The Morgan fingerprint density at radius 2 is 2.14 bits per heavy atom. The van der Waals surface area contributed by atoms with Gasteiger partial charge in [-0.25, -0.2) is 0 Å². The average Bonchev–Trinajstić information content (AvgIpc) is 2.83. The Labute approximate surface area is 122 Å². The fourth-order valence-corrected chi connectivity index (χ4v) is 2.92. The van der Waals surface area contributed by atoms with Crippen LogP contribution in [-0.2, 0) is 6.42 Å². The molecule has 0 spiro atoms. The maximum absolute atomic E-state index is 11.0. The molecule has 0 aliphatic heterocycles. The molecule has 0 radical (unpaired) electrons. The topological polar surface area (TPSA) is 75.4 Å². The van der Waals surface area contributed by atoms with E-state index in [1.165, 1.54) is 6.07 Å². The number of fused-ring (bicyclic) bond motifs is 1. The Balaban J connectivity index is 1.90. The van der Waals surface area contributed by atoms with Gasteiger partial charge in [0.05, 0.1) is 11.0 Å². The third kappa shape index (κ3) is 2.42. The average molecular weight is 284 g/mol. The van der Waals surface area contributed by atoms with Crippen molar-refractivity contribution in [3.63, 3.8) is 0 Å². The molecule has 0 bridgehead atoms. The monoisotopic (exact) mass is 284 g/mol. The Kier molecular flexibility index (Phi) is 3.25. The Morgan fingerprint density at radius 3 is 2.90 bits per heavy atom. The molecule has 0 saturated heterocycles. The predicted octanol–water partition coefficient (Wildman–Crippen LogP) is 3.71. The molecule has 3 rings (SSSR count). The van der Waals surface area contributed by atoms with Crippen LogP contribution in [0.1, 0.15) is 29.2 Å². The molecule has 1 unspecified atom stereocenters. The molecule has 0 aromatic heterocycles. The number of benzene rings is 2. The lowest BCUT2D eigenvalue weighted by Gasteiger charge is -2.17. The number of phenolic OH excluding ortho intramolecular Hbond substituents is 1. The van der Waals surface area contributed by atoms with E-state index >= 15 is 0 Å². The summed E-state index contributed by atoms with van der Waals surface area (Å²) in [5.41, 5.74) is 3.85. The lowest BCUT2D eigenvalue weighted by molar-refractivity contribution is -0.385. The van der Waals surface area contributed by atoms with Crippen LogP contribution >= 0.6 is 0 Å². The number of anilines is 1. The molecule has 0 amide bonds. The summed E-state index contributed by atoms with van der Waals surface area (Å²) in [4.78, 5) is 10.6. The summed E-state index contributed by atoms with van der Waals surface area (Å²) in [6.45, 7) is 1.76. The zero-order valence-corrected chi connectivity index (χ0v) is 11.7. The minimum absolute atomic E-state index is 0.126. The molecule has 0 heterocycles. The molecular formula is C16H16N2O3. The molecule has 1 atom stereocenters. The number of nitro benzene ring substituents is 1. The second-order valence-electron chi connectivity index (χ2n) is 5.33. The van der Waals surface area contributed by atoms with Gasteiger partial charge in [-0.15, -0.1) is 0 Å². The smallest absolute Gasteiger partial charge is 0.274 e. The van der Waals surface area contributed by atoms with Gasteiger partial charge in [0.2, 0.25) is 0 Å². The van der Waals surface area contributed by atoms with Gasteiger partial charge in [-0.05, 0) is 49.1 Å². The van der Waals surface area contributed by atoms with Gasteiger partial charge < -0.3 is 10.4 Å². The van der Waals surface area contributed by atoms with Crippen molar-refractivity contribution in [3.8, 4) is 5.75 Å². The first-order valence-corrected chi connectivity index (χ1v) is 6.88. The maximum atomic E-state index is 11.0. The van der Waals surface area contributed by atoms with Crippen LogP contribution in [0.15, 0.2) is 36.4 Å². The molecular weight excluding hydrogens is 268 g/mol. The third-order valence-corrected chi connectivity index (χ3v) is 4.04. The molecule has 0 saturated carbocycles. The van der Waals surface area contributed by atoms with Crippen molar-refractivity contribution in [2.45, 2.75) is 25.8 Å². The summed E-state index contributed by atoms with van der Waals surface area (Å²) >= 11 is 0. The van der Waals surface area contributed by atoms with E-state index in [1.807, 2.05) is 12.1 Å². The quantitative estimate of drug-likeness (QED) is 0.665. The molecule has 108 valence electrons. The fraction of sp³-hybridized carbons (Fsp3) is 0.250. The molecule has 5 heteroatoms. The normalized spacial score (nSPS) is 16.5. The molecule has 2 aromatic carbocycles. The standard InChI is InChI=1S/C16H16N2O3/c1-10-14(3-2-4-16(10)18(20)21)17-15-8-5-11-9-12(19)6-7-13(11)15/h2-4,6-7,9,15,17,19H,5,8H2,1H3. The highest BCUT2D eigenvalue weighted by Gasteiger charge is 2.24. The number of hydrogen-bond donors (Lipinski definition) is 2. The summed E-state index contributed by atoms with van der Waals surface area (Å²) in [6.07, 6.45) is 1.82. The van der Waals surface area contributed by atoms with Gasteiger partial charge in [-0.3, -0.25) is 10.1 Å². The number of rotatable bonds is 3. The molecule has 2 aromatic rings. The van der Waals surface area contributed by atoms with E-state index in [9.17, 15) is 15.2 Å². The van der Waals surface area contributed by atoms with Crippen LogP contribution in [0, 0.1) is 17.0 Å². The number of nitrogens with zero attached hydrogens (tertiary/aromatic N) is 1. The molecule has 1 aliphatic rings. The van der Waals surface area contributed by atoms with E-state index in [0.717, 1.165) is 29.7 Å².